The van der Waals surface area contributed by atoms with E-state index in [4.69, 9.17) is 33.0 Å². The number of H-pyrrole nitrogens is 1. The van der Waals surface area contributed by atoms with Gasteiger partial charge in [-0.1, -0.05) is 34.5 Å². The number of thiazole rings is 1. The summed E-state index contributed by atoms with van der Waals surface area (Å²) in [5.74, 6) is -1.48. The number of rotatable bonds is 6. The molecule has 1 saturated heterocycles. The van der Waals surface area contributed by atoms with E-state index in [0.29, 0.717) is 28.9 Å². The lowest BCUT2D eigenvalue weighted by molar-refractivity contribution is -0.136. The molecule has 2 aliphatic rings. The molecule has 1 aliphatic carbocycles. The number of aromatic amines is 1. The maximum atomic E-state index is 12.5. The van der Waals surface area contributed by atoms with Crippen molar-refractivity contribution < 1.29 is 24.2 Å². The van der Waals surface area contributed by atoms with Gasteiger partial charge in [-0.2, -0.15) is 0 Å². The maximum absolute atomic E-state index is 12.5. The number of aryl methyl sites for hydroxylation is 1. The third-order valence-electron chi connectivity index (χ3n) is 5.42. The van der Waals surface area contributed by atoms with Crippen molar-refractivity contribution in [2.24, 2.45) is 11.8 Å². The number of amides is 1. The quantitative estimate of drug-likeness (QED) is 0.551. The van der Waals surface area contributed by atoms with Crippen LogP contribution in [0.2, 0.25) is 10.0 Å². The van der Waals surface area contributed by atoms with E-state index in [1.54, 1.807) is 6.92 Å². The smallest absolute Gasteiger partial charge is 0.350 e. The van der Waals surface area contributed by atoms with Gasteiger partial charge < -0.3 is 25.0 Å². The summed E-state index contributed by atoms with van der Waals surface area (Å²) in [6.45, 7) is 3.03. The number of methoxy groups -OCH3 is 1. The lowest BCUT2D eigenvalue weighted by Gasteiger charge is -2.19. The van der Waals surface area contributed by atoms with E-state index in [1.165, 1.54) is 7.11 Å². The van der Waals surface area contributed by atoms with Crippen molar-refractivity contribution in [1.29, 1.82) is 0 Å². The second-order valence-corrected chi connectivity index (χ2v) is 9.05. The van der Waals surface area contributed by atoms with Crippen molar-refractivity contribution >= 4 is 57.5 Å². The van der Waals surface area contributed by atoms with Gasteiger partial charge in [0.05, 0.1) is 29.3 Å². The number of esters is 1. The summed E-state index contributed by atoms with van der Waals surface area (Å²) in [5.41, 5.74) is 1.09. The highest BCUT2D eigenvalue weighted by Crippen LogP contribution is 2.48. The molecule has 2 aromatic heterocycles. The fourth-order valence-corrected chi connectivity index (χ4v) is 5.27. The second-order valence-electron chi connectivity index (χ2n) is 7.32. The van der Waals surface area contributed by atoms with E-state index in [2.05, 4.69) is 15.3 Å². The molecule has 1 unspecified atom stereocenters. The van der Waals surface area contributed by atoms with Crippen molar-refractivity contribution in [3.8, 4) is 0 Å². The molecule has 0 bridgehead atoms. The number of aromatic nitrogens is 2. The lowest BCUT2D eigenvalue weighted by atomic mass is 10.3. The summed E-state index contributed by atoms with van der Waals surface area (Å²) in [6, 6.07) is 0.0192. The third kappa shape index (κ3) is 3.63. The molecule has 9 nitrogen and oxygen atoms in total. The van der Waals surface area contributed by atoms with E-state index in [9.17, 15) is 14.4 Å². The number of carboxylic acids is 1. The average Bonchev–Trinajstić information content (AvgIpc) is 3.07. The summed E-state index contributed by atoms with van der Waals surface area (Å²) in [4.78, 5) is 45.0. The van der Waals surface area contributed by atoms with Crippen LogP contribution in [0.1, 0.15) is 31.5 Å². The number of ether oxygens (including phenoxy) is 1. The normalized spacial score (nSPS) is 22.0. The number of carboxylic acid groups (broad SMARTS) is 1. The Bertz CT molecular complexity index is 1040. The van der Waals surface area contributed by atoms with Crippen molar-refractivity contribution in [3.05, 3.63) is 32.0 Å². The number of piperidine rings is 1. The fourth-order valence-electron chi connectivity index (χ4n) is 3.84. The van der Waals surface area contributed by atoms with Crippen molar-refractivity contribution in [2.75, 3.05) is 25.1 Å². The topological polar surface area (TPSA) is 125 Å². The predicted molar refractivity (Wildman–Crippen MR) is 111 cm³/mol. The second kappa shape index (κ2) is 7.75. The van der Waals surface area contributed by atoms with Crippen LogP contribution in [0.5, 0.6) is 0 Å². The Morgan fingerprint density at radius 1 is 1.30 bits per heavy atom. The zero-order valence-corrected chi connectivity index (χ0v) is 18.3. The number of nitrogens with zero attached hydrogens (tertiary/aromatic N) is 2. The van der Waals surface area contributed by atoms with Gasteiger partial charge in [0, 0.05) is 36.7 Å². The van der Waals surface area contributed by atoms with E-state index in [0.717, 1.165) is 11.3 Å². The first-order chi connectivity index (χ1) is 14.2. The van der Waals surface area contributed by atoms with E-state index in [1.807, 2.05) is 4.90 Å². The minimum Gasteiger partial charge on any atom is -0.481 e. The first-order valence-electron chi connectivity index (χ1n) is 9.10. The van der Waals surface area contributed by atoms with Crippen LogP contribution in [-0.2, 0) is 16.0 Å². The van der Waals surface area contributed by atoms with E-state index < -0.39 is 11.9 Å². The van der Waals surface area contributed by atoms with Gasteiger partial charge in [-0.15, -0.1) is 0 Å². The molecule has 1 aliphatic heterocycles. The Hall–Kier alpha value is -2.30. The monoisotopic (exact) mass is 472 g/mol. The predicted octanol–water partition coefficient (Wildman–Crippen LogP) is 2.36. The fraction of sp³-hybridized carbons (Fsp3) is 0.444. The average molecular weight is 473 g/mol. The number of nitrogens with one attached hydrogen (secondary N) is 2. The number of carbonyl (C=O) groups is 3. The Morgan fingerprint density at radius 3 is 2.50 bits per heavy atom. The van der Waals surface area contributed by atoms with Gasteiger partial charge in [-0.25, -0.2) is 9.78 Å². The highest BCUT2D eigenvalue weighted by atomic mass is 35.5. The van der Waals surface area contributed by atoms with Gasteiger partial charge in [-0.05, 0) is 6.92 Å². The van der Waals surface area contributed by atoms with E-state index >= 15 is 0 Å². The summed E-state index contributed by atoms with van der Waals surface area (Å²) < 4.78 is 4.74. The van der Waals surface area contributed by atoms with Crippen molar-refractivity contribution in [1.82, 2.24) is 15.3 Å². The molecule has 2 aromatic rings. The lowest BCUT2D eigenvalue weighted by Crippen LogP contribution is -2.34. The first-order valence-corrected chi connectivity index (χ1v) is 10.7. The highest BCUT2D eigenvalue weighted by molar-refractivity contribution is 7.17. The van der Waals surface area contributed by atoms with Gasteiger partial charge >= 0.3 is 11.9 Å². The van der Waals surface area contributed by atoms with Gasteiger partial charge in [0.25, 0.3) is 5.91 Å². The minimum absolute atomic E-state index is 0.0192. The Kier molecular flexibility index (Phi) is 5.41. The Labute approximate surface area is 185 Å². The van der Waals surface area contributed by atoms with Gasteiger partial charge in [0.15, 0.2) is 5.13 Å². The molecule has 0 aromatic carbocycles. The van der Waals surface area contributed by atoms with Gasteiger partial charge in [0.1, 0.15) is 10.6 Å². The van der Waals surface area contributed by atoms with Gasteiger partial charge in [-0.3, -0.25) is 9.59 Å². The van der Waals surface area contributed by atoms with Crippen LogP contribution in [0.3, 0.4) is 0 Å². The van der Waals surface area contributed by atoms with Crippen LogP contribution in [0.15, 0.2) is 0 Å². The molecule has 1 amide bonds. The number of fused-ring (bicyclic) bond motifs is 1. The van der Waals surface area contributed by atoms with Gasteiger partial charge in [0.2, 0.25) is 0 Å². The zero-order valence-electron chi connectivity index (χ0n) is 16.0. The molecule has 4 rings (SSSR count). The van der Waals surface area contributed by atoms with Crippen LogP contribution >= 0.6 is 34.5 Å². The zero-order chi connectivity index (χ0) is 21.7. The third-order valence-corrected chi connectivity index (χ3v) is 7.50. The Morgan fingerprint density at radius 2 is 1.97 bits per heavy atom. The molecule has 1 saturated carbocycles. The molecule has 12 heteroatoms. The molecule has 160 valence electrons. The summed E-state index contributed by atoms with van der Waals surface area (Å²) in [5, 5.41) is 13.2. The number of anilines is 1. The summed E-state index contributed by atoms with van der Waals surface area (Å²) in [6.07, 6.45) is -0.348. The molecule has 2 fully saturated rings. The number of halogens is 2. The minimum atomic E-state index is -1.07. The van der Waals surface area contributed by atoms with Crippen molar-refractivity contribution in [2.45, 2.75) is 19.4 Å². The van der Waals surface area contributed by atoms with Crippen LogP contribution < -0.4 is 10.2 Å². The van der Waals surface area contributed by atoms with Crippen LogP contribution in [0, 0.1) is 18.8 Å². The number of hydrogen-bond acceptors (Lipinski definition) is 7. The highest BCUT2D eigenvalue weighted by Gasteiger charge is 2.57. The SMILES string of the molecule is COC(=O)c1sc(N2C[C@@H]3C(NC(=O)c4[nH]c(C)c(Cl)c4Cl)[C@@H]3C2)nc1CC(=O)O. The molecule has 0 spiro atoms. The number of carbonyl (C=O) groups excluding carboxylic acids is 2. The molecular weight excluding hydrogens is 455 g/mol. The molecule has 3 heterocycles. The van der Waals surface area contributed by atoms with Crippen LogP contribution in [0.25, 0.3) is 0 Å². The molecule has 0 radical (unpaired) electrons. The first kappa shape index (κ1) is 21.0. The largest absolute Gasteiger partial charge is 0.481 e. The van der Waals surface area contributed by atoms with E-state index in [-0.39, 0.29) is 51.5 Å². The maximum Gasteiger partial charge on any atom is 0.350 e. The number of aliphatic carboxylic acids is 1. The standard InChI is InChI=1S/C18H18Cl2N4O5S/c1-6-11(19)12(20)14(21-6)16(27)23-13-7-4-24(5-8(7)13)18-22-9(3-10(25)26)15(30-18)17(28)29-2/h7-8,13,21H,3-5H2,1-2H3,(H,23,27)(H,25,26)/t7-,8+,13?. The van der Waals surface area contributed by atoms with Crippen molar-refractivity contribution in [3.63, 3.8) is 0 Å². The molecule has 30 heavy (non-hydrogen) atoms. The summed E-state index contributed by atoms with van der Waals surface area (Å²) in [7, 11) is 1.25. The van der Waals surface area contributed by atoms with Crippen LogP contribution in [-0.4, -0.2) is 59.2 Å². The molecular formula is C18H18Cl2N4O5S. The van der Waals surface area contributed by atoms with Crippen LogP contribution in [0.4, 0.5) is 5.13 Å². The number of hydrogen-bond donors (Lipinski definition) is 3. The molecule has 3 atom stereocenters. The summed E-state index contributed by atoms with van der Waals surface area (Å²) >= 11 is 13.3. The molecule has 3 N–H and O–H groups in total. The Balaban J connectivity index is 1.41.